The molecule has 0 radical (unpaired) electrons. The van der Waals surface area contributed by atoms with E-state index in [2.05, 4.69) is 15.4 Å². The van der Waals surface area contributed by atoms with E-state index in [-0.39, 0.29) is 17.7 Å². The van der Waals surface area contributed by atoms with Gasteiger partial charge < -0.3 is 9.73 Å². The molecule has 1 N–H and O–H groups in total. The summed E-state index contributed by atoms with van der Waals surface area (Å²) >= 11 is 0. The summed E-state index contributed by atoms with van der Waals surface area (Å²) in [4.78, 5) is 28.6. The molecule has 0 aliphatic heterocycles. The van der Waals surface area contributed by atoms with Crippen LogP contribution in [0.4, 0.5) is 0 Å². The number of nitrogens with one attached hydrogen (secondary N) is 1. The van der Waals surface area contributed by atoms with Crippen LogP contribution in [-0.4, -0.2) is 20.7 Å². The number of benzene rings is 1. The van der Waals surface area contributed by atoms with Gasteiger partial charge in [0.05, 0.1) is 23.3 Å². The van der Waals surface area contributed by atoms with Gasteiger partial charge in [0.25, 0.3) is 5.91 Å². The van der Waals surface area contributed by atoms with E-state index in [1.54, 1.807) is 48.4 Å². The summed E-state index contributed by atoms with van der Waals surface area (Å²) in [7, 11) is 1.80. The first kappa shape index (κ1) is 16.7. The highest BCUT2D eigenvalue weighted by atomic mass is 16.3. The van der Waals surface area contributed by atoms with Crippen molar-refractivity contribution in [3.05, 3.63) is 82.6 Å². The molecule has 0 unspecified atom stereocenters. The standard InChI is InChI=1S/C20H16N4O3/c1-24-14(9-16(23-24)13-5-4-8-21-11-13)12-22-20(26)19-10-17(25)15-6-2-3-7-18(15)27-19/h2-11H,12H2,1H3,(H,22,26). The summed E-state index contributed by atoms with van der Waals surface area (Å²) in [5.74, 6) is -0.477. The minimum Gasteiger partial charge on any atom is -0.451 e. The van der Waals surface area contributed by atoms with Crippen LogP contribution in [0.15, 0.2) is 70.1 Å². The third-order valence-corrected chi connectivity index (χ3v) is 4.22. The van der Waals surface area contributed by atoms with Gasteiger partial charge in [-0.15, -0.1) is 0 Å². The Bertz CT molecular complexity index is 1180. The van der Waals surface area contributed by atoms with Crippen LogP contribution in [0.25, 0.3) is 22.2 Å². The molecule has 3 aromatic heterocycles. The zero-order valence-electron chi connectivity index (χ0n) is 14.5. The lowest BCUT2D eigenvalue weighted by Crippen LogP contribution is -2.25. The molecule has 4 aromatic rings. The van der Waals surface area contributed by atoms with Gasteiger partial charge >= 0.3 is 0 Å². The van der Waals surface area contributed by atoms with E-state index in [0.717, 1.165) is 17.0 Å². The van der Waals surface area contributed by atoms with Gasteiger partial charge in [-0.2, -0.15) is 5.10 Å². The molecule has 0 saturated heterocycles. The van der Waals surface area contributed by atoms with Crippen molar-refractivity contribution in [3.8, 4) is 11.3 Å². The minimum absolute atomic E-state index is 0.0200. The average molecular weight is 360 g/mol. The maximum absolute atomic E-state index is 12.4. The zero-order chi connectivity index (χ0) is 18.8. The number of pyridine rings is 1. The first-order valence-electron chi connectivity index (χ1n) is 8.36. The highest BCUT2D eigenvalue weighted by molar-refractivity contribution is 5.93. The summed E-state index contributed by atoms with van der Waals surface area (Å²) < 4.78 is 7.25. The second-order valence-electron chi connectivity index (χ2n) is 6.04. The number of amides is 1. The van der Waals surface area contributed by atoms with Gasteiger partial charge in [-0.25, -0.2) is 0 Å². The Morgan fingerprint density at radius 2 is 2.04 bits per heavy atom. The second kappa shape index (κ2) is 6.87. The molecule has 1 aromatic carbocycles. The van der Waals surface area contributed by atoms with Crippen molar-refractivity contribution in [1.29, 1.82) is 0 Å². The molecule has 0 saturated carbocycles. The SMILES string of the molecule is Cn1nc(-c2cccnc2)cc1CNC(=O)c1cc(=O)c2ccccc2o1. The maximum Gasteiger partial charge on any atom is 0.287 e. The van der Waals surface area contributed by atoms with Crippen LogP contribution < -0.4 is 10.7 Å². The number of hydrogen-bond donors (Lipinski definition) is 1. The molecule has 7 nitrogen and oxygen atoms in total. The Balaban J connectivity index is 1.53. The van der Waals surface area contributed by atoms with Gasteiger partial charge in [-0.1, -0.05) is 12.1 Å². The fourth-order valence-corrected chi connectivity index (χ4v) is 2.80. The molecular formula is C20H16N4O3. The summed E-state index contributed by atoms with van der Waals surface area (Å²) in [6.45, 7) is 0.249. The third kappa shape index (κ3) is 3.35. The first-order chi connectivity index (χ1) is 13.1. The molecule has 0 aliphatic carbocycles. The Morgan fingerprint density at radius 3 is 2.85 bits per heavy atom. The van der Waals surface area contributed by atoms with Crippen molar-refractivity contribution in [2.75, 3.05) is 0 Å². The number of aromatic nitrogens is 3. The van der Waals surface area contributed by atoms with Gasteiger partial charge in [-0.05, 0) is 30.3 Å². The maximum atomic E-state index is 12.4. The smallest absolute Gasteiger partial charge is 0.287 e. The van der Waals surface area contributed by atoms with E-state index in [1.165, 1.54) is 6.07 Å². The van der Waals surface area contributed by atoms with Crippen LogP contribution in [-0.2, 0) is 13.6 Å². The van der Waals surface area contributed by atoms with Crippen LogP contribution in [0, 0.1) is 0 Å². The number of fused-ring (bicyclic) bond motifs is 1. The van der Waals surface area contributed by atoms with Crippen LogP contribution in [0.3, 0.4) is 0 Å². The number of carbonyl (C=O) groups is 1. The fourth-order valence-electron chi connectivity index (χ4n) is 2.80. The molecular weight excluding hydrogens is 344 g/mol. The Labute approximate surface area is 154 Å². The van der Waals surface area contributed by atoms with Crippen LogP contribution in [0.2, 0.25) is 0 Å². The van der Waals surface area contributed by atoms with Crippen molar-refractivity contribution in [3.63, 3.8) is 0 Å². The van der Waals surface area contributed by atoms with Crippen molar-refractivity contribution >= 4 is 16.9 Å². The number of aryl methyl sites for hydroxylation is 1. The number of nitrogens with zero attached hydrogens (tertiary/aromatic N) is 3. The predicted octanol–water partition coefficient (Wildman–Crippen LogP) is 2.52. The van der Waals surface area contributed by atoms with E-state index in [4.69, 9.17) is 4.42 Å². The highest BCUT2D eigenvalue weighted by Gasteiger charge is 2.14. The molecule has 27 heavy (non-hydrogen) atoms. The molecule has 0 bridgehead atoms. The molecule has 4 rings (SSSR count). The summed E-state index contributed by atoms with van der Waals surface area (Å²) in [6, 6.07) is 13.7. The zero-order valence-corrected chi connectivity index (χ0v) is 14.5. The van der Waals surface area contributed by atoms with Crippen molar-refractivity contribution in [2.24, 2.45) is 7.05 Å². The number of rotatable bonds is 4. The molecule has 0 atom stereocenters. The Kier molecular flexibility index (Phi) is 4.25. The average Bonchev–Trinajstić information content (AvgIpc) is 3.07. The molecule has 3 heterocycles. The normalized spacial score (nSPS) is 10.9. The molecule has 0 spiro atoms. The largest absolute Gasteiger partial charge is 0.451 e. The quantitative estimate of drug-likeness (QED) is 0.604. The van der Waals surface area contributed by atoms with Crippen LogP contribution >= 0.6 is 0 Å². The molecule has 134 valence electrons. The number of hydrogen-bond acceptors (Lipinski definition) is 5. The summed E-state index contributed by atoms with van der Waals surface area (Å²) in [5, 5.41) is 7.65. The topological polar surface area (TPSA) is 90.0 Å². The minimum atomic E-state index is -0.456. The molecule has 7 heteroatoms. The first-order valence-corrected chi connectivity index (χ1v) is 8.36. The van der Waals surface area contributed by atoms with Gasteiger partial charge in [0.1, 0.15) is 5.58 Å². The van der Waals surface area contributed by atoms with Crippen molar-refractivity contribution in [2.45, 2.75) is 6.54 Å². The third-order valence-electron chi connectivity index (χ3n) is 4.22. The summed E-state index contributed by atoms with van der Waals surface area (Å²) in [5.41, 5.74) is 2.61. The van der Waals surface area contributed by atoms with Gasteiger partial charge in [0, 0.05) is 31.1 Å². The van der Waals surface area contributed by atoms with E-state index in [0.29, 0.717) is 11.0 Å². The van der Waals surface area contributed by atoms with Crippen molar-refractivity contribution in [1.82, 2.24) is 20.1 Å². The predicted molar refractivity (Wildman–Crippen MR) is 100 cm³/mol. The van der Waals surface area contributed by atoms with Gasteiger partial charge in [-0.3, -0.25) is 19.3 Å². The van der Waals surface area contributed by atoms with E-state index >= 15 is 0 Å². The lowest BCUT2D eigenvalue weighted by atomic mass is 10.2. The fraction of sp³-hybridized carbons (Fsp3) is 0.100. The molecule has 0 aliphatic rings. The number of para-hydroxylation sites is 1. The highest BCUT2D eigenvalue weighted by Crippen LogP contribution is 2.17. The number of carbonyl (C=O) groups excluding carboxylic acids is 1. The van der Waals surface area contributed by atoms with E-state index in [9.17, 15) is 9.59 Å². The monoisotopic (exact) mass is 360 g/mol. The van der Waals surface area contributed by atoms with E-state index in [1.807, 2.05) is 18.2 Å². The molecule has 1 amide bonds. The Morgan fingerprint density at radius 1 is 1.19 bits per heavy atom. The lowest BCUT2D eigenvalue weighted by Gasteiger charge is -2.05. The second-order valence-corrected chi connectivity index (χ2v) is 6.04. The van der Waals surface area contributed by atoms with Crippen LogP contribution in [0.5, 0.6) is 0 Å². The van der Waals surface area contributed by atoms with Gasteiger partial charge in [0.2, 0.25) is 0 Å². The van der Waals surface area contributed by atoms with E-state index < -0.39 is 5.91 Å². The lowest BCUT2D eigenvalue weighted by molar-refractivity contribution is 0.0923. The Hall–Kier alpha value is -3.74. The van der Waals surface area contributed by atoms with Gasteiger partial charge in [0.15, 0.2) is 11.2 Å². The van der Waals surface area contributed by atoms with Crippen LogP contribution in [0.1, 0.15) is 16.2 Å². The summed E-state index contributed by atoms with van der Waals surface area (Å²) in [6.07, 6.45) is 3.43. The van der Waals surface area contributed by atoms with Crippen molar-refractivity contribution < 1.29 is 9.21 Å². The molecule has 0 fully saturated rings.